The normalized spacial score (nSPS) is 16.2. The van der Waals surface area contributed by atoms with Gasteiger partial charge in [0, 0.05) is 24.5 Å². The van der Waals surface area contributed by atoms with Crippen LogP contribution in [0.2, 0.25) is 0 Å². The molecule has 0 unspecified atom stereocenters. The van der Waals surface area contributed by atoms with Crippen molar-refractivity contribution >= 4 is 28.8 Å². The van der Waals surface area contributed by atoms with Crippen molar-refractivity contribution < 1.29 is 9.59 Å². The predicted octanol–water partition coefficient (Wildman–Crippen LogP) is 4.99. The molecule has 2 aliphatic rings. The highest BCUT2D eigenvalue weighted by Gasteiger charge is 2.39. The second kappa shape index (κ2) is 8.94. The molecule has 5 nitrogen and oxygen atoms in total. The molecule has 1 N–H and O–H groups in total. The van der Waals surface area contributed by atoms with Gasteiger partial charge in [-0.15, -0.1) is 0 Å². The van der Waals surface area contributed by atoms with Gasteiger partial charge < -0.3 is 10.2 Å². The quantitative estimate of drug-likeness (QED) is 0.552. The Morgan fingerprint density at radius 3 is 2.12 bits per heavy atom. The Bertz CT molecular complexity index is 1190. The van der Waals surface area contributed by atoms with Gasteiger partial charge in [0.25, 0.3) is 11.8 Å². The van der Waals surface area contributed by atoms with Crippen LogP contribution in [0.15, 0.2) is 84.6 Å². The van der Waals surface area contributed by atoms with Gasteiger partial charge in [0.15, 0.2) is 0 Å². The molecule has 0 atom stereocenters. The minimum Gasteiger partial charge on any atom is -0.372 e. The Morgan fingerprint density at radius 1 is 0.788 bits per heavy atom. The minimum atomic E-state index is -0.303. The number of imide groups is 1. The molecule has 33 heavy (non-hydrogen) atoms. The number of nitrogens with zero attached hydrogens (tertiary/aromatic N) is 2. The summed E-state index contributed by atoms with van der Waals surface area (Å²) in [6.07, 6.45) is 2.45. The van der Waals surface area contributed by atoms with E-state index in [1.807, 2.05) is 73.7 Å². The van der Waals surface area contributed by atoms with E-state index in [0.29, 0.717) is 11.3 Å². The van der Waals surface area contributed by atoms with Gasteiger partial charge in [-0.1, -0.05) is 60.2 Å². The van der Waals surface area contributed by atoms with Crippen molar-refractivity contribution in [2.45, 2.75) is 26.3 Å². The molecule has 5 heteroatoms. The first-order valence-corrected chi connectivity index (χ1v) is 11.4. The van der Waals surface area contributed by atoms with Crippen molar-refractivity contribution in [3.63, 3.8) is 0 Å². The van der Waals surface area contributed by atoms with Crippen LogP contribution in [0.3, 0.4) is 0 Å². The molecule has 0 spiro atoms. The van der Waals surface area contributed by atoms with Crippen LogP contribution >= 0.6 is 0 Å². The third-order valence-electron chi connectivity index (χ3n) is 6.30. The van der Waals surface area contributed by atoms with Gasteiger partial charge in [-0.05, 0) is 55.2 Å². The summed E-state index contributed by atoms with van der Waals surface area (Å²) in [5, 5.41) is 3.26. The van der Waals surface area contributed by atoms with Crippen LogP contribution in [0, 0.1) is 6.92 Å². The van der Waals surface area contributed by atoms with Crippen LogP contribution in [-0.2, 0) is 16.1 Å². The Morgan fingerprint density at radius 2 is 1.45 bits per heavy atom. The molecule has 2 amide bonds. The van der Waals surface area contributed by atoms with E-state index in [2.05, 4.69) is 22.3 Å². The van der Waals surface area contributed by atoms with Crippen molar-refractivity contribution in [3.05, 3.63) is 101 Å². The number of rotatable bonds is 6. The molecule has 3 aromatic carbocycles. The number of nitrogens with one attached hydrogen (secondary N) is 1. The molecule has 0 saturated carbocycles. The van der Waals surface area contributed by atoms with E-state index in [1.165, 1.54) is 23.4 Å². The lowest BCUT2D eigenvalue weighted by Crippen LogP contribution is -2.32. The molecule has 2 heterocycles. The molecule has 2 aliphatic heterocycles. The number of aryl methyl sites for hydroxylation is 1. The van der Waals surface area contributed by atoms with Crippen molar-refractivity contribution in [3.8, 4) is 0 Å². The Balaban J connectivity index is 1.45. The molecule has 1 saturated heterocycles. The maximum atomic E-state index is 13.4. The fraction of sp³-hybridized carbons (Fsp3) is 0.214. The minimum absolute atomic E-state index is 0.243. The standard InChI is InChI=1S/C28H27N3O2/c1-20-9-11-21(12-10-20)19-31-27(32)25(22-7-3-2-4-8-22)26(28(31)33)29-23-13-15-24(16-14-23)30-17-5-6-18-30/h2-4,7-16,29H,5-6,17-19H2,1H3. The van der Waals surface area contributed by atoms with E-state index in [-0.39, 0.29) is 18.4 Å². The third kappa shape index (κ3) is 4.27. The summed E-state index contributed by atoms with van der Waals surface area (Å²) in [6.45, 7) is 4.42. The molecule has 0 bridgehead atoms. The lowest BCUT2D eigenvalue weighted by Gasteiger charge is -2.18. The fourth-order valence-corrected chi connectivity index (χ4v) is 4.46. The first-order chi connectivity index (χ1) is 16.1. The van der Waals surface area contributed by atoms with E-state index in [0.717, 1.165) is 35.5 Å². The topological polar surface area (TPSA) is 52.7 Å². The second-order valence-electron chi connectivity index (χ2n) is 8.66. The van der Waals surface area contributed by atoms with Crippen LogP contribution in [0.4, 0.5) is 11.4 Å². The van der Waals surface area contributed by atoms with Crippen LogP contribution in [0.25, 0.3) is 5.57 Å². The van der Waals surface area contributed by atoms with Crippen LogP contribution < -0.4 is 10.2 Å². The summed E-state index contributed by atoms with van der Waals surface area (Å²) in [5.74, 6) is -0.578. The number of carbonyl (C=O) groups excluding carboxylic acids is 2. The summed E-state index contributed by atoms with van der Waals surface area (Å²) in [4.78, 5) is 30.5. The van der Waals surface area contributed by atoms with Crippen LogP contribution in [-0.4, -0.2) is 29.8 Å². The third-order valence-corrected chi connectivity index (χ3v) is 6.30. The second-order valence-corrected chi connectivity index (χ2v) is 8.66. The number of anilines is 2. The molecule has 0 aliphatic carbocycles. The van der Waals surface area contributed by atoms with Crippen molar-refractivity contribution in [2.24, 2.45) is 0 Å². The number of amides is 2. The molecule has 0 radical (unpaired) electrons. The van der Waals surface area contributed by atoms with E-state index >= 15 is 0 Å². The molecule has 166 valence electrons. The highest BCUT2D eigenvalue weighted by molar-refractivity contribution is 6.36. The van der Waals surface area contributed by atoms with Gasteiger partial charge in [0.2, 0.25) is 0 Å². The zero-order chi connectivity index (χ0) is 22.8. The molecular weight excluding hydrogens is 410 g/mol. The van der Waals surface area contributed by atoms with E-state index in [1.54, 1.807) is 0 Å². The zero-order valence-electron chi connectivity index (χ0n) is 18.8. The zero-order valence-corrected chi connectivity index (χ0v) is 18.8. The van der Waals surface area contributed by atoms with Crippen molar-refractivity contribution in [1.82, 2.24) is 4.90 Å². The summed E-state index contributed by atoms with van der Waals surface area (Å²) >= 11 is 0. The van der Waals surface area contributed by atoms with Crippen molar-refractivity contribution in [2.75, 3.05) is 23.3 Å². The smallest absolute Gasteiger partial charge is 0.278 e. The van der Waals surface area contributed by atoms with Gasteiger partial charge in [-0.25, -0.2) is 0 Å². The van der Waals surface area contributed by atoms with E-state index in [4.69, 9.17) is 0 Å². The average Bonchev–Trinajstić information content (AvgIpc) is 3.45. The Kier molecular flexibility index (Phi) is 5.69. The lowest BCUT2D eigenvalue weighted by molar-refractivity contribution is -0.137. The number of hydrogen-bond acceptors (Lipinski definition) is 4. The Hall–Kier alpha value is -3.86. The monoisotopic (exact) mass is 437 g/mol. The fourth-order valence-electron chi connectivity index (χ4n) is 4.46. The molecular formula is C28H27N3O2. The largest absolute Gasteiger partial charge is 0.372 e. The average molecular weight is 438 g/mol. The predicted molar refractivity (Wildman–Crippen MR) is 132 cm³/mol. The van der Waals surface area contributed by atoms with Gasteiger partial charge >= 0.3 is 0 Å². The molecule has 0 aromatic heterocycles. The van der Waals surface area contributed by atoms with E-state index < -0.39 is 0 Å². The summed E-state index contributed by atoms with van der Waals surface area (Å²) in [6, 6.07) is 25.4. The molecule has 5 rings (SSSR count). The SMILES string of the molecule is Cc1ccc(CN2C(=O)C(Nc3ccc(N4CCCC4)cc3)=C(c3ccccc3)C2=O)cc1. The van der Waals surface area contributed by atoms with Gasteiger partial charge in [-0.2, -0.15) is 0 Å². The first-order valence-electron chi connectivity index (χ1n) is 11.4. The number of benzene rings is 3. The lowest BCUT2D eigenvalue weighted by atomic mass is 10.0. The maximum Gasteiger partial charge on any atom is 0.278 e. The van der Waals surface area contributed by atoms with Crippen molar-refractivity contribution in [1.29, 1.82) is 0 Å². The number of hydrogen-bond donors (Lipinski definition) is 1. The highest BCUT2D eigenvalue weighted by atomic mass is 16.2. The summed E-state index contributed by atoms with van der Waals surface area (Å²) < 4.78 is 0. The van der Waals surface area contributed by atoms with Crippen LogP contribution in [0.5, 0.6) is 0 Å². The van der Waals surface area contributed by atoms with Gasteiger partial charge in [0.1, 0.15) is 5.70 Å². The molecule has 1 fully saturated rings. The molecule has 3 aromatic rings. The highest BCUT2D eigenvalue weighted by Crippen LogP contribution is 2.32. The van der Waals surface area contributed by atoms with Crippen LogP contribution in [0.1, 0.15) is 29.5 Å². The van der Waals surface area contributed by atoms with E-state index in [9.17, 15) is 9.59 Å². The summed E-state index contributed by atoms with van der Waals surface area (Å²) in [7, 11) is 0. The Labute approximate surface area is 194 Å². The summed E-state index contributed by atoms with van der Waals surface area (Å²) in [5.41, 5.74) is 5.51. The number of carbonyl (C=O) groups is 2. The van der Waals surface area contributed by atoms with Gasteiger partial charge in [0.05, 0.1) is 12.1 Å². The van der Waals surface area contributed by atoms with Gasteiger partial charge in [-0.3, -0.25) is 14.5 Å². The maximum absolute atomic E-state index is 13.4. The first kappa shape index (κ1) is 21.0.